The lowest BCUT2D eigenvalue weighted by Gasteiger charge is -2.34. The minimum absolute atomic E-state index is 0.163. The van der Waals surface area contributed by atoms with Crippen molar-refractivity contribution in [2.24, 2.45) is 0 Å². The van der Waals surface area contributed by atoms with Gasteiger partial charge in [-0.25, -0.2) is 14.6 Å². The summed E-state index contributed by atoms with van der Waals surface area (Å²) in [5.74, 6) is 0.539. The summed E-state index contributed by atoms with van der Waals surface area (Å²) in [5, 5.41) is 24.8. The Morgan fingerprint density at radius 3 is 2.05 bits per heavy atom. The number of methoxy groups -OCH3 is 1. The van der Waals surface area contributed by atoms with Crippen LogP contribution in [0.15, 0.2) is 72.8 Å². The molecular formula is C27H28N4O9. The van der Waals surface area contributed by atoms with E-state index in [0.717, 1.165) is 17.1 Å². The molecule has 0 bridgehead atoms. The van der Waals surface area contributed by atoms with Gasteiger partial charge in [0, 0.05) is 6.07 Å². The van der Waals surface area contributed by atoms with Crippen LogP contribution in [0.25, 0.3) is 0 Å². The van der Waals surface area contributed by atoms with Gasteiger partial charge in [0.05, 0.1) is 29.6 Å². The van der Waals surface area contributed by atoms with Crippen LogP contribution in [0.4, 0.5) is 26.7 Å². The summed E-state index contributed by atoms with van der Waals surface area (Å²) >= 11 is 0. The number of amides is 2. The Labute approximate surface area is 229 Å². The van der Waals surface area contributed by atoms with E-state index in [2.05, 4.69) is 0 Å². The molecule has 3 aromatic carbocycles. The third-order valence-corrected chi connectivity index (χ3v) is 5.31. The van der Waals surface area contributed by atoms with Gasteiger partial charge in [0.25, 0.3) is 5.69 Å². The van der Waals surface area contributed by atoms with Crippen LogP contribution in [-0.4, -0.2) is 39.8 Å². The second-order valence-electron chi connectivity index (χ2n) is 9.43. The highest BCUT2D eigenvalue weighted by molar-refractivity contribution is 5.93. The van der Waals surface area contributed by atoms with Crippen LogP contribution in [0.5, 0.6) is 5.75 Å². The molecular weight excluding hydrogens is 524 g/mol. The number of nitrogens with zero attached hydrogens (tertiary/aromatic N) is 4. The summed E-state index contributed by atoms with van der Waals surface area (Å²) in [6.07, 6.45) is -2.17. The first kappa shape index (κ1) is 29.4. The molecule has 0 saturated heterocycles. The van der Waals surface area contributed by atoms with Crippen molar-refractivity contribution in [3.63, 3.8) is 0 Å². The Kier molecular flexibility index (Phi) is 9.22. The van der Waals surface area contributed by atoms with Crippen LogP contribution in [0.3, 0.4) is 0 Å². The zero-order valence-corrected chi connectivity index (χ0v) is 22.3. The van der Waals surface area contributed by atoms with Gasteiger partial charge in [0.15, 0.2) is 0 Å². The fourth-order valence-corrected chi connectivity index (χ4v) is 3.50. The molecule has 0 fully saturated rings. The van der Waals surface area contributed by atoms with Crippen molar-refractivity contribution in [1.29, 1.82) is 0 Å². The molecule has 40 heavy (non-hydrogen) atoms. The smallest absolute Gasteiger partial charge is 0.434 e. The number of hydrazine groups is 1. The van der Waals surface area contributed by atoms with Gasteiger partial charge >= 0.3 is 17.9 Å². The van der Waals surface area contributed by atoms with E-state index in [9.17, 15) is 29.8 Å². The van der Waals surface area contributed by atoms with E-state index in [-0.39, 0.29) is 13.2 Å². The summed E-state index contributed by atoms with van der Waals surface area (Å²) < 4.78 is 16.2. The molecule has 3 aromatic rings. The maximum Gasteiger partial charge on any atom is 0.434 e. The van der Waals surface area contributed by atoms with Gasteiger partial charge < -0.3 is 14.2 Å². The number of benzene rings is 3. The average molecular weight is 553 g/mol. The summed E-state index contributed by atoms with van der Waals surface area (Å²) in [5.41, 5.74) is -1.70. The first-order chi connectivity index (χ1) is 18.9. The molecule has 0 unspecified atom stereocenters. The highest BCUT2D eigenvalue weighted by Gasteiger charge is 2.37. The normalized spacial score (nSPS) is 10.8. The second kappa shape index (κ2) is 12.6. The molecule has 0 aliphatic heterocycles. The fourth-order valence-electron chi connectivity index (χ4n) is 3.50. The number of carbonyl (C=O) groups excluding carboxylic acids is 2. The van der Waals surface area contributed by atoms with E-state index in [0.29, 0.717) is 28.0 Å². The molecule has 2 amide bonds. The van der Waals surface area contributed by atoms with Crippen molar-refractivity contribution >= 4 is 29.2 Å². The highest BCUT2D eigenvalue weighted by Crippen LogP contribution is 2.35. The van der Waals surface area contributed by atoms with Gasteiger partial charge in [-0.1, -0.05) is 42.5 Å². The minimum atomic E-state index is -1.14. The molecule has 3 rings (SSSR count). The van der Waals surface area contributed by atoms with Gasteiger partial charge in [0.2, 0.25) is 0 Å². The summed E-state index contributed by atoms with van der Waals surface area (Å²) in [4.78, 5) is 48.7. The van der Waals surface area contributed by atoms with E-state index < -0.39 is 44.7 Å². The number of non-ortho nitro benzene ring substituents is 1. The number of hydrogen-bond donors (Lipinski definition) is 0. The van der Waals surface area contributed by atoms with Crippen LogP contribution in [0, 0.1) is 20.2 Å². The van der Waals surface area contributed by atoms with E-state index in [1.165, 1.54) is 7.11 Å². The SMILES string of the molecule is COc1ccc(CN(C(=O)OCc2ccccc2)N(C(=O)OC(C)(C)C)c2ccc([N+](=O)[O-])cc2[N+](=O)[O-])cc1. The van der Waals surface area contributed by atoms with E-state index in [1.807, 2.05) is 0 Å². The van der Waals surface area contributed by atoms with Crippen LogP contribution in [0.2, 0.25) is 0 Å². The average Bonchev–Trinajstić information content (AvgIpc) is 2.91. The third kappa shape index (κ3) is 7.66. The lowest BCUT2D eigenvalue weighted by Crippen LogP contribution is -2.51. The van der Waals surface area contributed by atoms with Crippen LogP contribution >= 0.6 is 0 Å². The monoisotopic (exact) mass is 552 g/mol. The zero-order valence-electron chi connectivity index (χ0n) is 22.3. The largest absolute Gasteiger partial charge is 0.497 e. The van der Waals surface area contributed by atoms with E-state index in [1.54, 1.807) is 75.4 Å². The predicted molar refractivity (Wildman–Crippen MR) is 144 cm³/mol. The Balaban J connectivity index is 2.14. The van der Waals surface area contributed by atoms with E-state index in [4.69, 9.17) is 14.2 Å². The lowest BCUT2D eigenvalue weighted by molar-refractivity contribution is -0.393. The number of rotatable bonds is 8. The lowest BCUT2D eigenvalue weighted by atomic mass is 10.2. The van der Waals surface area contributed by atoms with Crippen molar-refractivity contribution in [1.82, 2.24) is 5.01 Å². The molecule has 13 nitrogen and oxygen atoms in total. The van der Waals surface area contributed by atoms with Gasteiger partial charge in [-0.05, 0) is 50.1 Å². The van der Waals surface area contributed by atoms with Crippen molar-refractivity contribution in [2.45, 2.75) is 39.5 Å². The number of nitro groups is 2. The van der Waals surface area contributed by atoms with Gasteiger partial charge in [0.1, 0.15) is 23.6 Å². The molecule has 13 heteroatoms. The Morgan fingerprint density at radius 2 is 1.50 bits per heavy atom. The summed E-state index contributed by atoms with van der Waals surface area (Å²) in [6, 6.07) is 18.0. The van der Waals surface area contributed by atoms with Crippen LogP contribution < -0.4 is 9.75 Å². The second-order valence-corrected chi connectivity index (χ2v) is 9.43. The number of ether oxygens (including phenoxy) is 3. The summed E-state index contributed by atoms with van der Waals surface area (Å²) in [6.45, 7) is 4.28. The first-order valence-corrected chi connectivity index (χ1v) is 12.0. The number of anilines is 1. The maximum absolute atomic E-state index is 13.5. The summed E-state index contributed by atoms with van der Waals surface area (Å²) in [7, 11) is 1.49. The van der Waals surface area contributed by atoms with Gasteiger partial charge in [-0.2, -0.15) is 5.01 Å². The molecule has 0 heterocycles. The molecule has 0 aromatic heterocycles. The van der Waals surface area contributed by atoms with Crippen molar-refractivity contribution in [3.05, 3.63) is 104 Å². The van der Waals surface area contributed by atoms with E-state index >= 15 is 0 Å². The number of hydrogen-bond acceptors (Lipinski definition) is 9. The van der Waals surface area contributed by atoms with Crippen LogP contribution in [0.1, 0.15) is 31.9 Å². The highest BCUT2D eigenvalue weighted by atomic mass is 16.6. The molecule has 0 N–H and O–H groups in total. The molecule has 0 saturated carbocycles. The molecule has 0 atom stereocenters. The van der Waals surface area contributed by atoms with Crippen LogP contribution in [-0.2, 0) is 22.6 Å². The molecule has 210 valence electrons. The fraction of sp³-hybridized carbons (Fsp3) is 0.259. The number of carbonyl (C=O) groups is 2. The van der Waals surface area contributed by atoms with Crippen molar-refractivity contribution < 1.29 is 33.6 Å². The van der Waals surface area contributed by atoms with Gasteiger partial charge in [-0.15, -0.1) is 0 Å². The van der Waals surface area contributed by atoms with Crippen molar-refractivity contribution in [3.8, 4) is 5.75 Å². The van der Waals surface area contributed by atoms with Gasteiger partial charge in [-0.3, -0.25) is 20.2 Å². The number of nitro benzene ring substituents is 2. The molecule has 0 aliphatic rings. The topological polar surface area (TPSA) is 155 Å². The predicted octanol–water partition coefficient (Wildman–Crippen LogP) is 6.01. The third-order valence-electron chi connectivity index (χ3n) is 5.31. The molecule has 0 spiro atoms. The Morgan fingerprint density at radius 1 is 0.850 bits per heavy atom. The Hall–Kier alpha value is -5.20. The first-order valence-electron chi connectivity index (χ1n) is 12.0. The molecule has 0 aliphatic carbocycles. The maximum atomic E-state index is 13.5. The quantitative estimate of drug-likeness (QED) is 0.241. The standard InChI is InChI=1S/C27H28N4O9/c1-27(2,3)40-26(33)29(23-15-12-21(30(34)35)16-24(23)31(36)37)28(17-19-10-13-22(38-4)14-11-19)25(32)39-18-20-8-6-5-7-9-20/h5-16H,17-18H2,1-4H3. The molecule has 0 radical (unpaired) electrons. The Bertz CT molecular complexity index is 1370. The minimum Gasteiger partial charge on any atom is -0.497 e. The van der Waals surface area contributed by atoms with Crippen molar-refractivity contribution in [2.75, 3.05) is 12.1 Å². The zero-order chi connectivity index (χ0) is 29.4.